The maximum atomic E-state index is 12.9. The molecule has 2 aromatic carbocycles. The van der Waals surface area contributed by atoms with E-state index < -0.39 is 11.7 Å². The highest BCUT2D eigenvalue weighted by Gasteiger charge is 2.30. The van der Waals surface area contributed by atoms with Crippen molar-refractivity contribution in [1.82, 2.24) is 9.97 Å². The maximum Gasteiger partial charge on any atom is 0.416 e. The van der Waals surface area contributed by atoms with Gasteiger partial charge < -0.3 is 5.32 Å². The number of hydrogen-bond donors (Lipinski definition) is 1. The number of hydrogen-bond acceptors (Lipinski definition) is 4. The summed E-state index contributed by atoms with van der Waals surface area (Å²) in [5.74, 6) is 0.728. The van der Waals surface area contributed by atoms with Crippen LogP contribution >= 0.6 is 0 Å². The molecule has 1 aromatic heterocycles. The molecule has 0 saturated heterocycles. The fourth-order valence-corrected chi connectivity index (χ4v) is 2.73. The first-order valence-corrected chi connectivity index (χ1v) is 7.89. The van der Waals surface area contributed by atoms with Gasteiger partial charge >= 0.3 is 6.18 Å². The number of fused-ring (bicyclic) bond motifs is 1. The number of benzene rings is 2. The third-order valence-corrected chi connectivity index (χ3v) is 4.01. The Labute approximate surface area is 147 Å². The van der Waals surface area contributed by atoms with Gasteiger partial charge in [0.25, 0.3) is 0 Å². The van der Waals surface area contributed by atoms with Gasteiger partial charge in [0, 0.05) is 23.7 Å². The number of alkyl halides is 3. The molecule has 130 valence electrons. The van der Waals surface area contributed by atoms with Crippen LogP contribution in [0.5, 0.6) is 0 Å². The number of anilines is 2. The Hall–Kier alpha value is -3.22. The molecule has 0 aliphatic carbocycles. The van der Waals surface area contributed by atoms with Crippen LogP contribution < -0.4 is 5.32 Å². The Kier molecular flexibility index (Phi) is 3.91. The Morgan fingerprint density at radius 2 is 1.88 bits per heavy atom. The first-order valence-electron chi connectivity index (χ1n) is 7.89. The van der Waals surface area contributed by atoms with Crippen LogP contribution in [-0.4, -0.2) is 16.2 Å². The standard InChI is InChI=1S/C19H13F3N4/c20-19(21,22)15-3-1-2-12(8-15)18-24-7-6-17(26-18)25-16-5-4-13-10-23-11-14(13)9-16/h1-9,11H,10H2,(H,24,25,26). The third-order valence-electron chi connectivity index (χ3n) is 4.01. The Bertz CT molecular complexity index is 996. The second kappa shape index (κ2) is 6.25. The zero-order valence-electron chi connectivity index (χ0n) is 13.5. The van der Waals surface area contributed by atoms with E-state index in [1.54, 1.807) is 12.1 Å². The van der Waals surface area contributed by atoms with Crippen LogP contribution in [0.2, 0.25) is 0 Å². The minimum atomic E-state index is -4.40. The van der Waals surface area contributed by atoms with Crippen molar-refractivity contribution in [3.05, 3.63) is 71.4 Å². The second-order valence-corrected chi connectivity index (χ2v) is 5.85. The molecule has 0 bridgehead atoms. The van der Waals surface area contributed by atoms with E-state index in [-0.39, 0.29) is 5.82 Å². The van der Waals surface area contributed by atoms with Crippen LogP contribution in [0.15, 0.2) is 59.7 Å². The van der Waals surface area contributed by atoms with Gasteiger partial charge in [-0.1, -0.05) is 18.2 Å². The van der Waals surface area contributed by atoms with Crippen molar-refractivity contribution in [2.45, 2.75) is 12.7 Å². The number of rotatable bonds is 3. The first kappa shape index (κ1) is 16.3. The molecule has 4 nitrogen and oxygen atoms in total. The van der Waals surface area contributed by atoms with Gasteiger partial charge in [0.1, 0.15) is 5.82 Å². The predicted octanol–water partition coefficient (Wildman–Crippen LogP) is 4.84. The lowest BCUT2D eigenvalue weighted by atomic mass is 10.1. The summed E-state index contributed by atoms with van der Waals surface area (Å²) >= 11 is 0. The molecule has 4 rings (SSSR count). The third kappa shape index (κ3) is 3.28. The van der Waals surface area contributed by atoms with E-state index >= 15 is 0 Å². The molecule has 1 N–H and O–H groups in total. The van der Waals surface area contributed by atoms with Gasteiger partial charge in [0.05, 0.1) is 12.1 Å². The van der Waals surface area contributed by atoms with Gasteiger partial charge in [-0.15, -0.1) is 0 Å². The van der Waals surface area contributed by atoms with Crippen LogP contribution in [0.25, 0.3) is 11.4 Å². The molecule has 1 aliphatic heterocycles. The average molecular weight is 354 g/mol. The van der Waals surface area contributed by atoms with Crippen molar-refractivity contribution in [2.75, 3.05) is 5.32 Å². The summed E-state index contributed by atoms with van der Waals surface area (Å²) in [6.45, 7) is 0.683. The fourth-order valence-electron chi connectivity index (χ4n) is 2.73. The van der Waals surface area contributed by atoms with Crippen molar-refractivity contribution in [3.63, 3.8) is 0 Å². The SMILES string of the molecule is FC(F)(F)c1cccc(-c2nccc(Nc3ccc4c(c3)C=NC4)n2)c1. The monoisotopic (exact) mass is 354 g/mol. The quantitative estimate of drug-likeness (QED) is 0.732. The largest absolute Gasteiger partial charge is 0.416 e. The van der Waals surface area contributed by atoms with Crippen molar-refractivity contribution in [1.29, 1.82) is 0 Å². The minimum Gasteiger partial charge on any atom is -0.340 e. The molecule has 3 aromatic rings. The highest BCUT2D eigenvalue weighted by Crippen LogP contribution is 2.31. The highest BCUT2D eigenvalue weighted by molar-refractivity contribution is 5.86. The molecule has 0 unspecified atom stereocenters. The molecule has 26 heavy (non-hydrogen) atoms. The number of nitrogens with zero attached hydrogens (tertiary/aromatic N) is 3. The van der Waals surface area contributed by atoms with Crippen LogP contribution in [0, 0.1) is 0 Å². The zero-order valence-corrected chi connectivity index (χ0v) is 13.5. The maximum absolute atomic E-state index is 12.9. The average Bonchev–Trinajstić information content (AvgIpc) is 3.09. The lowest BCUT2D eigenvalue weighted by molar-refractivity contribution is -0.137. The Morgan fingerprint density at radius 1 is 1.00 bits per heavy atom. The van der Waals surface area contributed by atoms with Crippen molar-refractivity contribution < 1.29 is 13.2 Å². The predicted molar refractivity (Wildman–Crippen MR) is 93.5 cm³/mol. The molecule has 0 saturated carbocycles. The van der Waals surface area contributed by atoms with Crippen LogP contribution in [0.4, 0.5) is 24.7 Å². The van der Waals surface area contributed by atoms with E-state index in [0.29, 0.717) is 17.9 Å². The topological polar surface area (TPSA) is 50.2 Å². The number of halogens is 3. The second-order valence-electron chi connectivity index (χ2n) is 5.85. The van der Waals surface area contributed by atoms with Gasteiger partial charge in [-0.05, 0) is 41.5 Å². The first-order chi connectivity index (χ1) is 12.5. The van der Waals surface area contributed by atoms with Gasteiger partial charge in [0.15, 0.2) is 5.82 Å². The van der Waals surface area contributed by atoms with Gasteiger partial charge in [-0.25, -0.2) is 9.97 Å². The minimum absolute atomic E-state index is 0.226. The molecule has 0 amide bonds. The highest BCUT2D eigenvalue weighted by atomic mass is 19.4. The van der Waals surface area contributed by atoms with Crippen LogP contribution in [0.1, 0.15) is 16.7 Å². The smallest absolute Gasteiger partial charge is 0.340 e. The van der Waals surface area contributed by atoms with Crippen molar-refractivity contribution >= 4 is 17.7 Å². The summed E-state index contributed by atoms with van der Waals surface area (Å²) in [5.41, 5.74) is 2.61. The van der Waals surface area contributed by atoms with E-state index in [4.69, 9.17) is 0 Å². The Morgan fingerprint density at radius 3 is 2.73 bits per heavy atom. The molecule has 0 atom stereocenters. The Balaban J connectivity index is 1.62. The van der Waals surface area contributed by atoms with Gasteiger partial charge in [-0.3, -0.25) is 4.99 Å². The summed E-state index contributed by atoms with van der Waals surface area (Å²) in [6.07, 6.45) is -1.08. The van der Waals surface area contributed by atoms with E-state index in [9.17, 15) is 13.2 Å². The van der Waals surface area contributed by atoms with Crippen LogP contribution in [-0.2, 0) is 12.7 Å². The summed E-state index contributed by atoms with van der Waals surface area (Å²) in [6, 6.07) is 12.5. The number of aliphatic imine (C=N–C) groups is 1. The molecule has 2 heterocycles. The fraction of sp³-hybridized carbons (Fsp3) is 0.105. The molecular formula is C19H13F3N4. The van der Waals surface area contributed by atoms with Gasteiger partial charge in [-0.2, -0.15) is 13.2 Å². The summed E-state index contributed by atoms with van der Waals surface area (Å²) in [4.78, 5) is 12.6. The summed E-state index contributed by atoms with van der Waals surface area (Å²) in [7, 11) is 0. The van der Waals surface area contributed by atoms with E-state index in [0.717, 1.165) is 28.9 Å². The van der Waals surface area contributed by atoms with Crippen LogP contribution in [0.3, 0.4) is 0 Å². The summed E-state index contributed by atoms with van der Waals surface area (Å²) in [5, 5.41) is 3.15. The molecule has 0 fully saturated rings. The van der Waals surface area contributed by atoms with Crippen molar-refractivity contribution in [2.24, 2.45) is 4.99 Å². The lowest BCUT2D eigenvalue weighted by Crippen LogP contribution is -2.05. The molecule has 7 heteroatoms. The number of nitrogens with one attached hydrogen (secondary N) is 1. The normalized spacial score (nSPS) is 12.9. The zero-order chi connectivity index (χ0) is 18.1. The van der Waals surface area contributed by atoms with E-state index in [2.05, 4.69) is 20.3 Å². The lowest BCUT2D eigenvalue weighted by Gasteiger charge is -2.10. The summed E-state index contributed by atoms with van der Waals surface area (Å²) < 4.78 is 38.7. The molecule has 0 radical (unpaired) electrons. The number of aromatic nitrogens is 2. The molecule has 0 spiro atoms. The van der Waals surface area contributed by atoms with Crippen molar-refractivity contribution in [3.8, 4) is 11.4 Å². The van der Waals surface area contributed by atoms with E-state index in [1.807, 2.05) is 24.4 Å². The molecular weight excluding hydrogens is 341 g/mol. The molecule has 1 aliphatic rings. The van der Waals surface area contributed by atoms with E-state index in [1.165, 1.54) is 12.3 Å². The van der Waals surface area contributed by atoms with Gasteiger partial charge in [0.2, 0.25) is 0 Å².